The van der Waals surface area contributed by atoms with Gasteiger partial charge in [0.2, 0.25) is 0 Å². The molecule has 3 aromatic rings. The van der Waals surface area contributed by atoms with Crippen molar-refractivity contribution >= 4 is 17.7 Å². The molecule has 7 heteroatoms. The molecule has 40 heavy (non-hydrogen) atoms. The molecule has 210 valence electrons. The number of carboxylic acids is 1. The molecule has 7 nitrogen and oxygen atoms in total. The second-order valence-electron chi connectivity index (χ2n) is 11.1. The fraction of sp³-hybridized carbons (Fsp3) is 0.364. The van der Waals surface area contributed by atoms with Gasteiger partial charge >= 0.3 is 11.9 Å². The van der Waals surface area contributed by atoms with E-state index >= 15 is 0 Å². The Morgan fingerprint density at radius 3 is 1.70 bits per heavy atom. The highest BCUT2D eigenvalue weighted by Crippen LogP contribution is 2.40. The molecule has 2 atom stereocenters. The first-order valence-corrected chi connectivity index (χ1v) is 13.6. The quantitative estimate of drug-likeness (QED) is 0.220. The molecule has 0 heterocycles. The lowest BCUT2D eigenvalue weighted by atomic mass is 9.75. The van der Waals surface area contributed by atoms with Gasteiger partial charge in [0.05, 0.1) is 11.5 Å². The Morgan fingerprint density at radius 1 is 0.775 bits per heavy atom. The molecule has 0 saturated heterocycles. The van der Waals surface area contributed by atoms with E-state index in [2.05, 4.69) is 0 Å². The van der Waals surface area contributed by atoms with E-state index < -0.39 is 29.4 Å². The molecule has 1 saturated carbocycles. The third-order valence-electron chi connectivity index (χ3n) is 6.84. The predicted octanol–water partition coefficient (Wildman–Crippen LogP) is 6.87. The molecule has 4 rings (SSSR count). The summed E-state index contributed by atoms with van der Waals surface area (Å²) in [7, 11) is 0. The molecule has 0 bridgehead atoms. The van der Waals surface area contributed by atoms with Crippen molar-refractivity contribution < 1.29 is 33.7 Å². The number of rotatable bonds is 10. The van der Waals surface area contributed by atoms with Gasteiger partial charge in [0.1, 0.15) is 35.9 Å². The van der Waals surface area contributed by atoms with E-state index in [-0.39, 0.29) is 41.6 Å². The molecule has 1 aliphatic carbocycles. The summed E-state index contributed by atoms with van der Waals surface area (Å²) in [5.41, 5.74) is 1.33. The summed E-state index contributed by atoms with van der Waals surface area (Å²) in [6.07, 6.45) is 2.41. The highest BCUT2D eigenvalue weighted by atomic mass is 16.6. The van der Waals surface area contributed by atoms with Gasteiger partial charge in [-0.15, -0.1) is 0 Å². The first kappa shape index (κ1) is 28.9. The number of carboxylic acid groups (broad SMARTS) is 1. The maximum absolute atomic E-state index is 14.1. The summed E-state index contributed by atoms with van der Waals surface area (Å²) in [6, 6.07) is 21.9. The number of ketones is 1. The van der Waals surface area contributed by atoms with E-state index in [0.29, 0.717) is 12.8 Å². The Morgan fingerprint density at radius 2 is 1.25 bits per heavy atom. The average Bonchev–Trinajstić information content (AvgIpc) is 2.94. The van der Waals surface area contributed by atoms with E-state index in [1.807, 2.05) is 60.7 Å². The largest absolute Gasteiger partial charge is 0.488 e. The Labute approximate surface area is 235 Å². The van der Waals surface area contributed by atoms with Crippen molar-refractivity contribution in [3.63, 3.8) is 0 Å². The molecule has 0 spiro atoms. The highest BCUT2D eigenvalue weighted by molar-refractivity contribution is 6.06. The third kappa shape index (κ3) is 7.50. The first-order valence-electron chi connectivity index (χ1n) is 13.6. The number of benzene rings is 3. The molecular formula is C33H36O7. The van der Waals surface area contributed by atoms with Gasteiger partial charge in [0.25, 0.3) is 0 Å². The van der Waals surface area contributed by atoms with E-state index in [4.69, 9.17) is 14.2 Å². The van der Waals surface area contributed by atoms with Crippen molar-refractivity contribution in [1.29, 1.82) is 0 Å². The number of hydrogen-bond acceptors (Lipinski definition) is 6. The van der Waals surface area contributed by atoms with Crippen LogP contribution in [0.2, 0.25) is 0 Å². The fourth-order valence-electron chi connectivity index (χ4n) is 4.91. The second-order valence-corrected chi connectivity index (χ2v) is 11.1. The van der Waals surface area contributed by atoms with Crippen LogP contribution >= 0.6 is 0 Å². The van der Waals surface area contributed by atoms with E-state index in [0.717, 1.165) is 24.0 Å². The normalized spacial score (nSPS) is 17.1. The number of carbonyl (C=O) groups is 3. The van der Waals surface area contributed by atoms with Crippen LogP contribution in [0.1, 0.15) is 78.3 Å². The Hall–Kier alpha value is -4.13. The molecule has 1 aliphatic rings. The molecule has 1 fully saturated rings. The number of carbonyl (C=O) groups excluding carboxylic acids is 2. The van der Waals surface area contributed by atoms with Crippen molar-refractivity contribution in [2.75, 3.05) is 0 Å². The van der Waals surface area contributed by atoms with Gasteiger partial charge in [-0.1, -0.05) is 73.5 Å². The molecule has 0 amide bonds. The lowest BCUT2D eigenvalue weighted by Gasteiger charge is -2.29. The van der Waals surface area contributed by atoms with Crippen LogP contribution in [-0.2, 0) is 22.7 Å². The lowest BCUT2D eigenvalue weighted by Crippen LogP contribution is -2.33. The number of hydrogen-bond donors (Lipinski definition) is 1. The molecule has 0 aromatic heterocycles. The molecule has 3 aromatic carbocycles. The minimum atomic E-state index is -0.984. The molecule has 0 radical (unpaired) electrons. The van der Waals surface area contributed by atoms with Crippen LogP contribution in [-0.4, -0.2) is 28.4 Å². The highest BCUT2D eigenvalue weighted by Gasteiger charge is 2.39. The van der Waals surface area contributed by atoms with Crippen molar-refractivity contribution in [3.8, 4) is 11.5 Å². The molecular weight excluding hydrogens is 508 g/mol. The van der Waals surface area contributed by atoms with Gasteiger partial charge in [0.15, 0.2) is 5.78 Å². The van der Waals surface area contributed by atoms with Crippen molar-refractivity contribution in [2.24, 2.45) is 11.8 Å². The summed E-state index contributed by atoms with van der Waals surface area (Å²) < 4.78 is 18.0. The smallest absolute Gasteiger partial charge is 0.338 e. The Kier molecular flexibility index (Phi) is 9.25. The number of Topliss-reactive ketones (excluding diaryl/α,β-unsaturated/α-hetero) is 1. The SMILES string of the molecule is CC(C)(C)OC(=O)c1cc(OCc2ccccc2)c(C(=O)[C@@H]2CCCC[C@H]2C(=O)O)c(OCc2ccccc2)c1. The summed E-state index contributed by atoms with van der Waals surface area (Å²) in [4.78, 5) is 39.4. The predicted molar refractivity (Wildman–Crippen MR) is 151 cm³/mol. The lowest BCUT2D eigenvalue weighted by molar-refractivity contribution is -0.144. The summed E-state index contributed by atoms with van der Waals surface area (Å²) in [6.45, 7) is 5.61. The van der Waals surface area contributed by atoms with Crippen LogP contribution in [0.4, 0.5) is 0 Å². The zero-order valence-corrected chi connectivity index (χ0v) is 23.2. The van der Waals surface area contributed by atoms with Crippen LogP contribution in [0.3, 0.4) is 0 Å². The van der Waals surface area contributed by atoms with Crippen molar-refractivity contribution in [3.05, 3.63) is 95.1 Å². The van der Waals surface area contributed by atoms with Gasteiger partial charge in [0, 0.05) is 5.92 Å². The van der Waals surface area contributed by atoms with Gasteiger partial charge in [-0.3, -0.25) is 9.59 Å². The van der Waals surface area contributed by atoms with Gasteiger partial charge in [-0.2, -0.15) is 0 Å². The minimum absolute atomic E-state index is 0.143. The number of ether oxygens (including phenoxy) is 3. The topological polar surface area (TPSA) is 99.1 Å². The maximum atomic E-state index is 14.1. The average molecular weight is 545 g/mol. The molecule has 1 N–H and O–H groups in total. The third-order valence-corrected chi connectivity index (χ3v) is 6.84. The van der Waals surface area contributed by atoms with Crippen LogP contribution in [0.15, 0.2) is 72.8 Å². The molecule has 0 aliphatic heterocycles. The van der Waals surface area contributed by atoms with Gasteiger partial charge in [-0.05, 0) is 56.9 Å². The first-order chi connectivity index (χ1) is 19.1. The van der Waals surface area contributed by atoms with Crippen LogP contribution in [0, 0.1) is 11.8 Å². The van der Waals surface area contributed by atoms with E-state index in [9.17, 15) is 19.5 Å². The van der Waals surface area contributed by atoms with Crippen molar-refractivity contribution in [1.82, 2.24) is 0 Å². The summed E-state index contributed by atoms with van der Waals surface area (Å²) in [5.74, 6) is -3.12. The standard InChI is InChI=1S/C33H36O7/c1-33(2,3)40-32(37)24-18-27(38-20-22-12-6-4-7-13-22)29(28(19-24)39-21-23-14-8-5-9-15-23)30(34)25-16-10-11-17-26(25)31(35)36/h4-9,12-15,18-19,25-26H,10-11,16-17,20-21H2,1-3H3,(H,35,36)/t25-,26-/m1/s1. The Balaban J connectivity index is 1.80. The molecule has 0 unspecified atom stereocenters. The maximum Gasteiger partial charge on any atom is 0.338 e. The second kappa shape index (κ2) is 12.8. The van der Waals surface area contributed by atoms with Gasteiger partial charge < -0.3 is 19.3 Å². The minimum Gasteiger partial charge on any atom is -0.488 e. The van der Waals surface area contributed by atoms with Crippen molar-refractivity contribution in [2.45, 2.75) is 65.3 Å². The fourth-order valence-corrected chi connectivity index (χ4v) is 4.91. The monoisotopic (exact) mass is 544 g/mol. The van der Waals surface area contributed by atoms with E-state index in [1.165, 1.54) is 12.1 Å². The summed E-state index contributed by atoms with van der Waals surface area (Å²) >= 11 is 0. The summed E-state index contributed by atoms with van der Waals surface area (Å²) in [5, 5.41) is 9.90. The number of esters is 1. The van der Waals surface area contributed by atoms with Gasteiger partial charge in [-0.25, -0.2) is 4.79 Å². The van der Waals surface area contributed by atoms with Crippen LogP contribution < -0.4 is 9.47 Å². The zero-order chi connectivity index (χ0) is 28.7. The van der Waals surface area contributed by atoms with Crippen LogP contribution in [0.25, 0.3) is 0 Å². The van der Waals surface area contributed by atoms with E-state index in [1.54, 1.807) is 20.8 Å². The van der Waals surface area contributed by atoms with Crippen LogP contribution in [0.5, 0.6) is 11.5 Å². The Bertz CT molecular complexity index is 1260. The number of aliphatic carboxylic acids is 1. The zero-order valence-electron chi connectivity index (χ0n) is 23.2.